The Hall–Kier alpha value is -3.26. The molecule has 0 radical (unpaired) electrons. The van der Waals surface area contributed by atoms with Crippen LogP contribution >= 0.6 is 0 Å². The molecule has 12 N–H and O–H groups in total. The van der Waals surface area contributed by atoms with Crippen molar-refractivity contribution >= 4 is 17.6 Å². The molecule has 2 saturated heterocycles. The van der Waals surface area contributed by atoms with E-state index in [1.54, 1.807) is 0 Å². The van der Waals surface area contributed by atoms with E-state index in [2.05, 4.69) is 0 Å². The maximum Gasteiger partial charge on any atom is 0.219 e. The molecule has 11 atom stereocenters. The fourth-order valence-electron chi connectivity index (χ4n) is 5.30. The molecule has 2 aliphatic heterocycles. The van der Waals surface area contributed by atoms with Gasteiger partial charge in [0.25, 0.3) is 0 Å². The van der Waals surface area contributed by atoms with Crippen molar-refractivity contribution in [2.45, 2.75) is 60.7 Å². The van der Waals surface area contributed by atoms with Gasteiger partial charge >= 0.3 is 0 Å². The first-order valence-corrected chi connectivity index (χ1v) is 13.0. The van der Waals surface area contributed by atoms with Crippen LogP contribution in [-0.2, 0) is 19.1 Å². The van der Waals surface area contributed by atoms with Gasteiger partial charge < -0.3 is 70.8 Å². The van der Waals surface area contributed by atoms with Gasteiger partial charge in [0.2, 0.25) is 17.2 Å². The number of phenolic OH excluding ortho intramolecular Hbond substituents is 1. The Morgan fingerprint density at radius 3 is 2.02 bits per heavy atom. The monoisotopic (exact) mass is 612 g/mol. The summed E-state index contributed by atoms with van der Waals surface area (Å²) < 4.78 is 10.4. The average molecular weight is 613 g/mol. The van der Waals surface area contributed by atoms with Gasteiger partial charge in [-0.15, -0.1) is 0 Å². The van der Waals surface area contributed by atoms with E-state index in [4.69, 9.17) is 9.47 Å². The van der Waals surface area contributed by atoms with Crippen molar-refractivity contribution in [1.82, 2.24) is 0 Å². The van der Waals surface area contributed by atoms with Crippen LogP contribution in [0.15, 0.2) is 53.0 Å². The first-order valence-electron chi connectivity index (χ1n) is 13.0. The van der Waals surface area contributed by atoms with Crippen LogP contribution in [0.5, 0.6) is 5.75 Å². The van der Waals surface area contributed by atoms with Crippen LogP contribution in [0, 0.1) is 5.92 Å². The van der Waals surface area contributed by atoms with Gasteiger partial charge in [-0.05, 0) is 23.8 Å². The number of carbonyl (C=O) groups excluding carboxylic acids is 2. The van der Waals surface area contributed by atoms with Gasteiger partial charge in [0.15, 0.2) is 6.29 Å². The number of rotatable bonds is 6. The molecule has 2 heterocycles. The van der Waals surface area contributed by atoms with Crippen molar-refractivity contribution in [3.63, 3.8) is 0 Å². The number of Topliss-reactive ketones (excluding diaryl/α,β-unsaturated/α-hetero) is 2. The van der Waals surface area contributed by atoms with Crippen LogP contribution in [0.3, 0.4) is 0 Å². The first kappa shape index (κ1) is 32.6. The van der Waals surface area contributed by atoms with E-state index in [9.17, 15) is 70.9 Å². The predicted octanol–water partition coefficient (Wildman–Crippen LogP) is -4.20. The molecule has 0 spiro atoms. The van der Waals surface area contributed by atoms with Gasteiger partial charge in [0.1, 0.15) is 65.6 Å². The van der Waals surface area contributed by atoms with Gasteiger partial charge in [-0.25, -0.2) is 0 Å². The zero-order valence-electron chi connectivity index (χ0n) is 22.2. The van der Waals surface area contributed by atoms with Crippen molar-refractivity contribution in [2.24, 2.45) is 5.92 Å². The minimum absolute atomic E-state index is 0.0879. The van der Waals surface area contributed by atoms with Crippen molar-refractivity contribution in [3.05, 3.63) is 58.6 Å². The molecular formula is C27H32O16. The maximum absolute atomic E-state index is 13.9. The SMILES string of the molecule is O=C1C(=C(O)/C=C/c2ccc(O)cc2)C(O)=C([C@@H]2O[C@H](CO)[C@@H](O)[C@H](O)[C@H]2O)C(=O)[C@]1(O)[C@@H]1O[C@H](O)[C@@H](O)[C@H](CO)[C@H]1O. The normalized spacial score (nSPS) is 40.3. The second-order valence-electron chi connectivity index (χ2n) is 10.4. The molecule has 16 heteroatoms. The second-order valence-corrected chi connectivity index (χ2v) is 10.4. The molecule has 43 heavy (non-hydrogen) atoms. The number of aliphatic hydroxyl groups excluding tert-OH is 10. The number of hydrogen-bond acceptors (Lipinski definition) is 16. The summed E-state index contributed by atoms with van der Waals surface area (Å²) in [7, 11) is 0. The number of hydrogen-bond donors (Lipinski definition) is 12. The smallest absolute Gasteiger partial charge is 0.219 e. The van der Waals surface area contributed by atoms with Crippen LogP contribution in [0.1, 0.15) is 5.56 Å². The number of aliphatic hydroxyl groups is 11. The third kappa shape index (κ3) is 5.47. The number of ketones is 2. The number of carbonyl (C=O) groups is 2. The Bertz CT molecular complexity index is 1320. The van der Waals surface area contributed by atoms with E-state index >= 15 is 0 Å². The van der Waals surface area contributed by atoms with Crippen molar-refractivity contribution in [1.29, 1.82) is 0 Å². The van der Waals surface area contributed by atoms with Crippen LogP contribution in [-0.4, -0.2) is 147 Å². The standard InChI is InChI=1S/C27H32O16/c28-7-11-16(32)25(43-26(40)17(11)33)27(41)23(38)14(12(31)6-3-9-1-4-10(30)5-2-9)19(35)15(24(27)39)22-21(37)20(36)18(34)13(8-29)42-22/h1-6,11,13,16-18,20-22,25-26,28-37,40-41H,7-8H2/b6-3+,14-12?/t11-,13-,16-,17+,18-,20+,21-,22+,25-,26+,27+/m1/s1. The molecule has 0 unspecified atom stereocenters. The molecule has 1 aromatic carbocycles. The van der Waals surface area contributed by atoms with E-state index in [0.29, 0.717) is 5.56 Å². The molecular weight excluding hydrogens is 580 g/mol. The fourth-order valence-corrected chi connectivity index (χ4v) is 5.30. The summed E-state index contributed by atoms with van der Waals surface area (Å²) in [5.41, 5.74) is -5.62. The summed E-state index contributed by atoms with van der Waals surface area (Å²) in [6.07, 6.45) is -16.9. The van der Waals surface area contributed by atoms with Gasteiger partial charge in [0.05, 0.1) is 24.9 Å². The summed E-state index contributed by atoms with van der Waals surface area (Å²) in [5.74, 6) is -7.79. The highest BCUT2D eigenvalue weighted by Gasteiger charge is 2.65. The summed E-state index contributed by atoms with van der Waals surface area (Å²) in [4.78, 5) is 27.6. The highest BCUT2D eigenvalue weighted by molar-refractivity contribution is 6.28. The lowest BCUT2D eigenvalue weighted by atomic mass is 9.68. The molecule has 3 aliphatic rings. The van der Waals surface area contributed by atoms with E-state index in [0.717, 1.165) is 6.08 Å². The van der Waals surface area contributed by atoms with Crippen LogP contribution in [0.25, 0.3) is 6.08 Å². The first-order chi connectivity index (χ1) is 20.2. The van der Waals surface area contributed by atoms with Crippen molar-refractivity contribution in [2.75, 3.05) is 13.2 Å². The second kappa shape index (κ2) is 12.4. The van der Waals surface area contributed by atoms with E-state index < -0.39 is 114 Å². The van der Waals surface area contributed by atoms with Gasteiger partial charge in [0, 0.05) is 5.92 Å². The molecule has 0 aromatic heterocycles. The third-order valence-electron chi connectivity index (χ3n) is 7.80. The molecule has 2 fully saturated rings. The molecule has 0 saturated carbocycles. The zero-order valence-corrected chi connectivity index (χ0v) is 22.2. The minimum Gasteiger partial charge on any atom is -0.508 e. The molecule has 16 nitrogen and oxygen atoms in total. The van der Waals surface area contributed by atoms with Gasteiger partial charge in [-0.2, -0.15) is 0 Å². The molecule has 236 valence electrons. The molecule has 1 aromatic rings. The lowest BCUT2D eigenvalue weighted by Crippen LogP contribution is -2.70. The third-order valence-corrected chi connectivity index (χ3v) is 7.80. The number of ether oxygens (including phenoxy) is 2. The van der Waals surface area contributed by atoms with Crippen molar-refractivity contribution in [3.8, 4) is 5.75 Å². The lowest BCUT2D eigenvalue weighted by Gasteiger charge is -2.48. The van der Waals surface area contributed by atoms with Crippen LogP contribution < -0.4 is 0 Å². The Kier molecular flexibility index (Phi) is 9.41. The number of aromatic hydroxyl groups is 1. The number of phenols is 1. The number of allylic oxidation sites excluding steroid dienone is 2. The predicted molar refractivity (Wildman–Crippen MR) is 139 cm³/mol. The van der Waals surface area contributed by atoms with Crippen LogP contribution in [0.4, 0.5) is 0 Å². The summed E-state index contributed by atoms with van der Waals surface area (Å²) in [5, 5.41) is 125. The summed E-state index contributed by atoms with van der Waals surface area (Å²) >= 11 is 0. The Balaban J connectivity index is 1.92. The Morgan fingerprint density at radius 1 is 0.814 bits per heavy atom. The highest BCUT2D eigenvalue weighted by Crippen LogP contribution is 2.42. The zero-order chi connectivity index (χ0) is 32.0. The van der Waals surface area contributed by atoms with Crippen molar-refractivity contribution < 1.29 is 80.3 Å². The molecule has 0 amide bonds. The quantitative estimate of drug-likeness (QED) is 0.0823. The molecule has 1 aliphatic carbocycles. The topological polar surface area (TPSA) is 295 Å². The van der Waals surface area contributed by atoms with Crippen LogP contribution in [0.2, 0.25) is 0 Å². The maximum atomic E-state index is 13.9. The van der Waals surface area contributed by atoms with Gasteiger partial charge in [-0.3, -0.25) is 9.59 Å². The van der Waals surface area contributed by atoms with E-state index in [1.807, 2.05) is 0 Å². The molecule has 0 bridgehead atoms. The largest absolute Gasteiger partial charge is 0.508 e. The minimum atomic E-state index is -3.63. The molecule has 4 rings (SSSR count). The fraction of sp³-hybridized carbons (Fsp3) is 0.481. The lowest BCUT2D eigenvalue weighted by molar-refractivity contribution is -0.296. The average Bonchev–Trinajstić information content (AvgIpc) is 2.98. The summed E-state index contributed by atoms with van der Waals surface area (Å²) in [6, 6.07) is 5.38. The Morgan fingerprint density at radius 2 is 1.44 bits per heavy atom. The van der Waals surface area contributed by atoms with E-state index in [1.165, 1.54) is 30.3 Å². The summed E-state index contributed by atoms with van der Waals surface area (Å²) in [6.45, 7) is -2.00. The van der Waals surface area contributed by atoms with Gasteiger partial charge in [-0.1, -0.05) is 18.2 Å². The highest BCUT2D eigenvalue weighted by atomic mass is 16.6. The number of benzene rings is 1. The van der Waals surface area contributed by atoms with E-state index in [-0.39, 0.29) is 5.75 Å². The Labute approximate surface area is 242 Å².